The van der Waals surface area contributed by atoms with Crippen LogP contribution in [0.4, 0.5) is 0 Å². The maximum Gasteiger partial charge on any atom is -0.0159 e. The van der Waals surface area contributed by atoms with Gasteiger partial charge in [-0.25, -0.2) is 0 Å². The smallest absolute Gasteiger partial charge is 0.0159 e. The molecule has 3 rings (SSSR count). The third-order valence-corrected chi connectivity index (χ3v) is 9.37. The minimum Gasteiger partial charge on any atom is -0.0654 e. The number of unbranched alkanes of at least 4 members (excludes halogenated alkanes) is 4. The first kappa shape index (κ1) is 24.9. The monoisotopic (exact) mass is 424 g/mol. The lowest BCUT2D eigenvalue weighted by Crippen LogP contribution is -2.36. The lowest BCUT2D eigenvalue weighted by atomic mass is 9.58. The number of benzene rings is 1. The first-order valence-corrected chi connectivity index (χ1v) is 14.2. The molecule has 0 radical (unpaired) electrons. The van der Waals surface area contributed by atoms with Gasteiger partial charge in [0.15, 0.2) is 0 Å². The van der Waals surface area contributed by atoms with Crippen LogP contribution in [0.25, 0.3) is 0 Å². The Kier molecular flexibility index (Phi) is 9.99. The maximum atomic E-state index is 2.53. The van der Waals surface area contributed by atoms with Crippen LogP contribution in [0.3, 0.4) is 0 Å². The van der Waals surface area contributed by atoms with Gasteiger partial charge in [0.25, 0.3) is 0 Å². The second-order valence-corrected chi connectivity index (χ2v) is 11.4. The van der Waals surface area contributed by atoms with Gasteiger partial charge in [0.05, 0.1) is 0 Å². The highest BCUT2D eigenvalue weighted by atomic mass is 14.5. The standard InChI is InChI=1S/C31H52/c1-5-7-10-14-27-15-20-30(25(3)24-27)26(4)28-16-18-29(19-17-28)31(21-11-8-6-2)22-12-9-13-23-31/h15,20,24,26,28-29H,5-14,16-19,21-23H2,1-4H3/t26?,28-,29-. The van der Waals surface area contributed by atoms with Gasteiger partial charge in [0.1, 0.15) is 0 Å². The Balaban J connectivity index is 1.58. The first-order chi connectivity index (χ1) is 15.1. The van der Waals surface area contributed by atoms with Crippen LogP contribution >= 0.6 is 0 Å². The Bertz CT molecular complexity index is 627. The molecule has 2 aliphatic rings. The molecule has 31 heavy (non-hydrogen) atoms. The molecule has 1 aromatic rings. The van der Waals surface area contributed by atoms with E-state index in [0.29, 0.717) is 0 Å². The molecule has 0 heterocycles. The summed E-state index contributed by atoms with van der Waals surface area (Å²) in [6, 6.07) is 7.42. The summed E-state index contributed by atoms with van der Waals surface area (Å²) in [5, 5.41) is 0. The highest BCUT2D eigenvalue weighted by molar-refractivity contribution is 5.34. The third-order valence-electron chi connectivity index (χ3n) is 9.37. The number of rotatable bonds is 11. The van der Waals surface area contributed by atoms with Crippen LogP contribution in [0.1, 0.15) is 146 Å². The van der Waals surface area contributed by atoms with Crippen molar-refractivity contribution in [3.05, 3.63) is 34.9 Å². The summed E-state index contributed by atoms with van der Waals surface area (Å²) in [6.45, 7) is 9.55. The van der Waals surface area contributed by atoms with Gasteiger partial charge in [-0.15, -0.1) is 0 Å². The molecule has 176 valence electrons. The summed E-state index contributed by atoms with van der Waals surface area (Å²) in [4.78, 5) is 0. The minimum atomic E-state index is 0.720. The SMILES string of the molecule is CCCCCc1ccc(C(C)[C@H]2CC[C@H](C3(CCCCC)CCCCC3)CC2)c(C)c1. The minimum absolute atomic E-state index is 0.720. The van der Waals surface area contributed by atoms with Gasteiger partial charge in [-0.3, -0.25) is 0 Å². The molecular formula is C31H52. The molecule has 1 unspecified atom stereocenters. The molecule has 0 bridgehead atoms. The van der Waals surface area contributed by atoms with Gasteiger partial charge < -0.3 is 0 Å². The van der Waals surface area contributed by atoms with E-state index in [2.05, 4.69) is 45.9 Å². The highest BCUT2D eigenvalue weighted by Gasteiger charge is 2.41. The lowest BCUT2D eigenvalue weighted by molar-refractivity contribution is 0.0409. The third kappa shape index (κ3) is 6.61. The summed E-state index contributed by atoms with van der Waals surface area (Å²) in [5.41, 5.74) is 5.46. The maximum absolute atomic E-state index is 2.53. The van der Waals surface area contributed by atoms with E-state index in [1.165, 1.54) is 96.3 Å². The molecule has 0 spiro atoms. The zero-order valence-electron chi connectivity index (χ0n) is 21.5. The van der Waals surface area contributed by atoms with E-state index in [-0.39, 0.29) is 0 Å². The molecule has 0 saturated heterocycles. The highest BCUT2D eigenvalue weighted by Crippen LogP contribution is 2.53. The van der Waals surface area contributed by atoms with Crippen LogP contribution in [0.15, 0.2) is 18.2 Å². The summed E-state index contributed by atoms with van der Waals surface area (Å²) in [6.07, 6.45) is 24.7. The van der Waals surface area contributed by atoms with Gasteiger partial charge in [-0.2, -0.15) is 0 Å². The summed E-state index contributed by atoms with van der Waals surface area (Å²) < 4.78 is 0. The van der Waals surface area contributed by atoms with Crippen molar-refractivity contribution < 1.29 is 0 Å². The van der Waals surface area contributed by atoms with Gasteiger partial charge in [0, 0.05) is 0 Å². The Hall–Kier alpha value is -0.780. The van der Waals surface area contributed by atoms with Crippen molar-refractivity contribution >= 4 is 0 Å². The molecule has 2 aliphatic carbocycles. The largest absolute Gasteiger partial charge is 0.0654 e. The van der Waals surface area contributed by atoms with Crippen molar-refractivity contribution in [1.29, 1.82) is 0 Å². The van der Waals surface area contributed by atoms with Crippen LogP contribution in [0.2, 0.25) is 0 Å². The Morgan fingerprint density at radius 2 is 1.55 bits per heavy atom. The predicted molar refractivity (Wildman–Crippen MR) is 138 cm³/mol. The predicted octanol–water partition coefficient (Wildman–Crippen LogP) is 10.2. The molecule has 1 atom stereocenters. The van der Waals surface area contributed by atoms with Crippen LogP contribution in [0.5, 0.6) is 0 Å². The molecule has 0 heteroatoms. The van der Waals surface area contributed by atoms with E-state index in [1.54, 1.807) is 29.5 Å². The quantitative estimate of drug-likeness (QED) is 0.310. The normalized spacial score (nSPS) is 24.8. The number of hydrogen-bond donors (Lipinski definition) is 0. The van der Waals surface area contributed by atoms with Crippen molar-refractivity contribution in [3.63, 3.8) is 0 Å². The summed E-state index contributed by atoms with van der Waals surface area (Å²) in [7, 11) is 0. The van der Waals surface area contributed by atoms with E-state index in [1.807, 2.05) is 0 Å². The molecule has 0 nitrogen and oxygen atoms in total. The average molecular weight is 425 g/mol. The molecular weight excluding hydrogens is 372 g/mol. The average Bonchev–Trinajstić information content (AvgIpc) is 2.80. The van der Waals surface area contributed by atoms with E-state index >= 15 is 0 Å². The van der Waals surface area contributed by atoms with E-state index in [0.717, 1.165) is 23.2 Å². The van der Waals surface area contributed by atoms with Gasteiger partial charge in [-0.05, 0) is 105 Å². The van der Waals surface area contributed by atoms with Crippen LogP contribution in [-0.2, 0) is 6.42 Å². The zero-order valence-corrected chi connectivity index (χ0v) is 21.5. The second-order valence-electron chi connectivity index (χ2n) is 11.4. The Morgan fingerprint density at radius 1 is 0.871 bits per heavy atom. The Labute approximate surface area is 195 Å². The molecule has 0 amide bonds. The van der Waals surface area contributed by atoms with Crippen LogP contribution in [-0.4, -0.2) is 0 Å². The molecule has 2 saturated carbocycles. The van der Waals surface area contributed by atoms with Crippen molar-refractivity contribution in [2.24, 2.45) is 17.3 Å². The van der Waals surface area contributed by atoms with E-state index in [9.17, 15) is 0 Å². The summed E-state index contributed by atoms with van der Waals surface area (Å²) >= 11 is 0. The van der Waals surface area contributed by atoms with Crippen LogP contribution < -0.4 is 0 Å². The van der Waals surface area contributed by atoms with Crippen molar-refractivity contribution in [1.82, 2.24) is 0 Å². The molecule has 0 aromatic heterocycles. The fourth-order valence-electron chi connectivity index (χ4n) is 7.31. The number of hydrogen-bond acceptors (Lipinski definition) is 0. The Morgan fingerprint density at radius 3 is 2.19 bits per heavy atom. The first-order valence-electron chi connectivity index (χ1n) is 14.2. The second kappa shape index (κ2) is 12.5. The van der Waals surface area contributed by atoms with E-state index < -0.39 is 0 Å². The lowest BCUT2D eigenvalue weighted by Gasteiger charge is -2.47. The van der Waals surface area contributed by atoms with Crippen molar-refractivity contribution in [2.45, 2.75) is 143 Å². The molecule has 1 aromatic carbocycles. The number of aryl methyl sites for hydroxylation is 2. The van der Waals surface area contributed by atoms with E-state index in [4.69, 9.17) is 0 Å². The van der Waals surface area contributed by atoms with Gasteiger partial charge >= 0.3 is 0 Å². The van der Waals surface area contributed by atoms with Crippen LogP contribution in [0, 0.1) is 24.2 Å². The van der Waals surface area contributed by atoms with Crippen molar-refractivity contribution in [3.8, 4) is 0 Å². The fraction of sp³-hybridized carbons (Fsp3) is 0.806. The molecule has 0 aliphatic heterocycles. The molecule has 2 fully saturated rings. The van der Waals surface area contributed by atoms with Gasteiger partial charge in [-0.1, -0.05) is 90.3 Å². The molecule has 0 N–H and O–H groups in total. The zero-order chi connectivity index (χ0) is 22.1. The fourth-order valence-corrected chi connectivity index (χ4v) is 7.31. The van der Waals surface area contributed by atoms with Crippen molar-refractivity contribution in [2.75, 3.05) is 0 Å². The van der Waals surface area contributed by atoms with Gasteiger partial charge in [0.2, 0.25) is 0 Å². The topological polar surface area (TPSA) is 0 Å². The summed E-state index contributed by atoms with van der Waals surface area (Å²) in [5.74, 6) is 2.65.